The van der Waals surface area contributed by atoms with Gasteiger partial charge in [0.15, 0.2) is 0 Å². The number of carbonyl (C=O) groups is 1. The number of nitrogen functional groups attached to an aromatic ring is 2. The summed E-state index contributed by atoms with van der Waals surface area (Å²) >= 11 is 0. The van der Waals surface area contributed by atoms with Crippen LogP contribution in [0.1, 0.15) is 11.1 Å². The molecule has 0 aliphatic carbocycles. The molecule has 0 saturated heterocycles. The molecule has 3 rings (SSSR count). The van der Waals surface area contributed by atoms with Crippen molar-refractivity contribution in [1.29, 1.82) is 5.26 Å². The molecule has 0 saturated carbocycles. The highest BCUT2D eigenvalue weighted by atomic mass is 16.4. The Bertz CT molecular complexity index is 1020. The van der Waals surface area contributed by atoms with Gasteiger partial charge in [0.1, 0.15) is 17.5 Å². The largest absolute Gasteiger partial charge is 0.481 e. The molecular formula is C19H15N5O2. The van der Waals surface area contributed by atoms with E-state index in [1.807, 2.05) is 36.4 Å². The van der Waals surface area contributed by atoms with Crippen LogP contribution in [0.25, 0.3) is 22.4 Å². The minimum absolute atomic E-state index is 0.00706. The summed E-state index contributed by atoms with van der Waals surface area (Å²) in [7, 11) is 0. The zero-order valence-electron chi connectivity index (χ0n) is 13.7. The zero-order valence-corrected chi connectivity index (χ0v) is 13.7. The van der Waals surface area contributed by atoms with Crippen molar-refractivity contribution in [3.63, 3.8) is 0 Å². The maximum absolute atomic E-state index is 11.1. The Morgan fingerprint density at radius 3 is 2.35 bits per heavy atom. The van der Waals surface area contributed by atoms with E-state index < -0.39 is 5.97 Å². The maximum atomic E-state index is 11.1. The topological polar surface area (TPSA) is 139 Å². The molecule has 0 aliphatic rings. The van der Waals surface area contributed by atoms with Crippen molar-refractivity contribution in [2.24, 2.45) is 0 Å². The van der Waals surface area contributed by atoms with Crippen LogP contribution < -0.4 is 11.5 Å². The number of hydrogen-bond donors (Lipinski definition) is 3. The third-order valence-electron chi connectivity index (χ3n) is 3.89. The van der Waals surface area contributed by atoms with Crippen LogP contribution in [0.5, 0.6) is 0 Å². The van der Waals surface area contributed by atoms with Crippen LogP contribution >= 0.6 is 0 Å². The summed E-state index contributed by atoms with van der Waals surface area (Å²) < 4.78 is 0. The van der Waals surface area contributed by atoms with E-state index in [1.54, 1.807) is 18.2 Å². The summed E-state index contributed by atoms with van der Waals surface area (Å²) in [6, 6.07) is 16.6. The lowest BCUT2D eigenvalue weighted by molar-refractivity contribution is -0.136. The molecule has 3 aromatic rings. The van der Waals surface area contributed by atoms with Crippen LogP contribution in [-0.2, 0) is 11.2 Å². The normalized spacial score (nSPS) is 10.3. The molecule has 0 fully saturated rings. The van der Waals surface area contributed by atoms with E-state index in [4.69, 9.17) is 16.6 Å². The molecule has 0 radical (unpaired) electrons. The number of benzene rings is 2. The molecule has 26 heavy (non-hydrogen) atoms. The summed E-state index contributed by atoms with van der Waals surface area (Å²) in [4.78, 5) is 19.0. The molecule has 7 nitrogen and oxygen atoms in total. The quantitative estimate of drug-likeness (QED) is 0.660. The molecule has 1 aromatic heterocycles. The molecule has 7 heteroatoms. The van der Waals surface area contributed by atoms with Gasteiger partial charge in [-0.05, 0) is 16.7 Å². The van der Waals surface area contributed by atoms with Crippen LogP contribution in [0.2, 0.25) is 0 Å². The number of hydrogen-bond acceptors (Lipinski definition) is 6. The number of anilines is 2. The van der Waals surface area contributed by atoms with Crippen LogP contribution in [0.4, 0.5) is 11.8 Å². The molecule has 1 heterocycles. The molecule has 0 aliphatic heterocycles. The summed E-state index contributed by atoms with van der Waals surface area (Å²) in [6.07, 6.45) is -0.0600. The molecule has 0 amide bonds. The first-order chi connectivity index (χ1) is 12.5. The third-order valence-corrected chi connectivity index (χ3v) is 3.89. The van der Waals surface area contributed by atoms with E-state index in [0.29, 0.717) is 11.3 Å². The van der Waals surface area contributed by atoms with Crippen LogP contribution in [0, 0.1) is 11.3 Å². The average Bonchev–Trinajstić information content (AvgIpc) is 2.61. The van der Waals surface area contributed by atoms with Gasteiger partial charge in [0, 0.05) is 5.56 Å². The first-order valence-corrected chi connectivity index (χ1v) is 7.73. The Labute approximate surface area is 149 Å². The average molecular weight is 345 g/mol. The molecule has 5 N–H and O–H groups in total. The lowest BCUT2D eigenvalue weighted by Gasteiger charge is -2.10. The number of nitriles is 1. The van der Waals surface area contributed by atoms with E-state index >= 15 is 0 Å². The van der Waals surface area contributed by atoms with Gasteiger partial charge in [0.05, 0.1) is 12.1 Å². The smallest absolute Gasteiger partial charge is 0.307 e. The van der Waals surface area contributed by atoms with Crippen molar-refractivity contribution in [2.45, 2.75) is 6.42 Å². The monoisotopic (exact) mass is 345 g/mol. The summed E-state index contributed by atoms with van der Waals surface area (Å²) in [5, 5.41) is 18.4. The van der Waals surface area contributed by atoms with Gasteiger partial charge in [0.2, 0.25) is 5.95 Å². The molecule has 0 spiro atoms. The summed E-state index contributed by atoms with van der Waals surface area (Å²) in [5.41, 5.74) is 15.0. The lowest BCUT2D eigenvalue weighted by atomic mass is 9.96. The fourth-order valence-electron chi connectivity index (χ4n) is 2.74. The molecule has 0 unspecified atom stereocenters. The second-order valence-electron chi connectivity index (χ2n) is 5.61. The third kappa shape index (κ3) is 3.30. The molecule has 2 aromatic carbocycles. The highest BCUT2D eigenvalue weighted by Crippen LogP contribution is 2.29. The number of nitrogens with two attached hydrogens (primary N) is 2. The van der Waals surface area contributed by atoms with Gasteiger partial charge in [0.25, 0.3) is 0 Å². The number of nitrogens with zero attached hydrogens (tertiary/aromatic N) is 3. The van der Waals surface area contributed by atoms with Gasteiger partial charge in [-0.1, -0.05) is 48.5 Å². The van der Waals surface area contributed by atoms with E-state index in [-0.39, 0.29) is 23.8 Å². The van der Waals surface area contributed by atoms with Crippen LogP contribution in [-0.4, -0.2) is 21.0 Å². The molecule has 0 atom stereocenters. The second kappa shape index (κ2) is 6.91. The Morgan fingerprint density at radius 2 is 1.69 bits per heavy atom. The number of aliphatic carboxylic acids is 1. The van der Waals surface area contributed by atoms with E-state index in [0.717, 1.165) is 16.7 Å². The Hall–Kier alpha value is -3.92. The van der Waals surface area contributed by atoms with Gasteiger partial charge in [-0.25, -0.2) is 4.98 Å². The van der Waals surface area contributed by atoms with Gasteiger partial charge >= 0.3 is 5.97 Å². The van der Waals surface area contributed by atoms with Gasteiger partial charge in [-0.2, -0.15) is 10.2 Å². The van der Waals surface area contributed by atoms with Crippen molar-refractivity contribution in [2.75, 3.05) is 11.5 Å². The summed E-state index contributed by atoms with van der Waals surface area (Å²) in [5.74, 6) is -0.863. The molecule has 128 valence electrons. The second-order valence-corrected chi connectivity index (χ2v) is 5.61. The first kappa shape index (κ1) is 16.9. The molecule has 0 bridgehead atoms. The maximum Gasteiger partial charge on any atom is 0.307 e. The Balaban J connectivity index is 2.04. The van der Waals surface area contributed by atoms with Crippen molar-refractivity contribution in [3.05, 3.63) is 59.7 Å². The van der Waals surface area contributed by atoms with Gasteiger partial charge in [-0.3, -0.25) is 4.79 Å². The number of aromatic nitrogens is 2. The van der Waals surface area contributed by atoms with Crippen molar-refractivity contribution in [3.8, 4) is 28.5 Å². The first-order valence-electron chi connectivity index (χ1n) is 7.73. The van der Waals surface area contributed by atoms with Crippen molar-refractivity contribution >= 4 is 17.7 Å². The van der Waals surface area contributed by atoms with Crippen molar-refractivity contribution < 1.29 is 9.90 Å². The fourth-order valence-corrected chi connectivity index (χ4v) is 2.74. The Morgan fingerprint density at radius 1 is 1.04 bits per heavy atom. The van der Waals surface area contributed by atoms with Crippen LogP contribution in [0.15, 0.2) is 48.5 Å². The SMILES string of the molecule is N#Cc1c(N)nc(N)nc1-c1ccc(-c2ccccc2CC(=O)O)cc1. The zero-order chi connectivity index (χ0) is 18.7. The van der Waals surface area contributed by atoms with E-state index in [1.165, 1.54) is 0 Å². The van der Waals surface area contributed by atoms with Crippen molar-refractivity contribution in [1.82, 2.24) is 9.97 Å². The highest BCUT2D eigenvalue weighted by Gasteiger charge is 2.14. The highest BCUT2D eigenvalue weighted by molar-refractivity contribution is 5.79. The Kier molecular flexibility index (Phi) is 4.50. The van der Waals surface area contributed by atoms with E-state index in [2.05, 4.69) is 9.97 Å². The number of rotatable bonds is 4. The minimum Gasteiger partial charge on any atom is -0.481 e. The fraction of sp³-hybridized carbons (Fsp3) is 0.0526. The predicted octanol–water partition coefficient (Wildman–Crippen LogP) is 2.47. The minimum atomic E-state index is -0.889. The van der Waals surface area contributed by atoms with E-state index in [9.17, 15) is 10.1 Å². The predicted molar refractivity (Wildman–Crippen MR) is 97.8 cm³/mol. The van der Waals surface area contributed by atoms with Gasteiger partial charge < -0.3 is 16.6 Å². The van der Waals surface area contributed by atoms with Crippen LogP contribution in [0.3, 0.4) is 0 Å². The lowest BCUT2D eigenvalue weighted by Crippen LogP contribution is -2.05. The standard InChI is InChI=1S/C19H15N5O2/c20-10-15-17(23-19(22)24-18(15)21)12-7-5-11(6-8-12)14-4-2-1-3-13(14)9-16(25)26/h1-8H,9H2,(H,25,26)(H4,21,22,23,24). The summed E-state index contributed by atoms with van der Waals surface area (Å²) in [6.45, 7) is 0. The number of carboxylic acids is 1. The number of carboxylic acid groups (broad SMARTS) is 1. The molecular weight excluding hydrogens is 330 g/mol. The van der Waals surface area contributed by atoms with Gasteiger partial charge in [-0.15, -0.1) is 0 Å².